The van der Waals surface area contributed by atoms with Gasteiger partial charge in [-0.3, -0.25) is 4.90 Å². The summed E-state index contributed by atoms with van der Waals surface area (Å²) < 4.78 is 1.98. The van der Waals surface area contributed by atoms with Gasteiger partial charge in [0.05, 0.1) is 5.69 Å². The van der Waals surface area contributed by atoms with Gasteiger partial charge in [-0.2, -0.15) is 5.10 Å². The molecule has 0 spiro atoms. The van der Waals surface area contributed by atoms with E-state index in [2.05, 4.69) is 36.0 Å². The first-order valence-electron chi connectivity index (χ1n) is 7.70. The molecular weight excluding hydrogens is 260 g/mol. The van der Waals surface area contributed by atoms with Crippen molar-refractivity contribution in [1.29, 1.82) is 0 Å². The number of nitrogens with zero attached hydrogens (tertiary/aromatic N) is 3. The SMILES string of the molecule is Cc1cc(C)c(CN2CC[C@@H](CN)C2)c(-n2cccn2)c1. The highest BCUT2D eigenvalue weighted by Gasteiger charge is 2.22. The largest absolute Gasteiger partial charge is 0.330 e. The maximum absolute atomic E-state index is 5.81. The summed E-state index contributed by atoms with van der Waals surface area (Å²) in [4.78, 5) is 2.52. The first-order chi connectivity index (χ1) is 10.2. The predicted molar refractivity (Wildman–Crippen MR) is 85.5 cm³/mol. The van der Waals surface area contributed by atoms with Crippen molar-refractivity contribution in [3.63, 3.8) is 0 Å². The Hall–Kier alpha value is -1.65. The van der Waals surface area contributed by atoms with Crippen LogP contribution in [0.3, 0.4) is 0 Å². The number of benzene rings is 1. The average Bonchev–Trinajstić information content (AvgIpc) is 3.12. The fourth-order valence-corrected chi connectivity index (χ4v) is 3.27. The lowest BCUT2D eigenvalue weighted by molar-refractivity contribution is 0.317. The third kappa shape index (κ3) is 3.01. The summed E-state index contributed by atoms with van der Waals surface area (Å²) >= 11 is 0. The van der Waals surface area contributed by atoms with E-state index in [-0.39, 0.29) is 0 Å². The Kier molecular flexibility index (Phi) is 4.08. The Morgan fingerprint density at radius 3 is 2.86 bits per heavy atom. The molecule has 21 heavy (non-hydrogen) atoms. The topological polar surface area (TPSA) is 47.1 Å². The van der Waals surface area contributed by atoms with Crippen LogP contribution in [-0.2, 0) is 6.54 Å². The second-order valence-electron chi connectivity index (χ2n) is 6.16. The highest BCUT2D eigenvalue weighted by molar-refractivity contribution is 5.48. The smallest absolute Gasteiger partial charge is 0.0695 e. The van der Waals surface area contributed by atoms with Crippen LogP contribution in [0.4, 0.5) is 0 Å². The second kappa shape index (κ2) is 6.00. The van der Waals surface area contributed by atoms with E-state index in [0.29, 0.717) is 5.92 Å². The Balaban J connectivity index is 1.91. The molecule has 2 N–H and O–H groups in total. The fourth-order valence-electron chi connectivity index (χ4n) is 3.27. The number of nitrogens with two attached hydrogens (primary N) is 1. The average molecular weight is 284 g/mol. The molecule has 1 saturated heterocycles. The van der Waals surface area contributed by atoms with Crippen molar-refractivity contribution in [3.8, 4) is 5.69 Å². The first kappa shape index (κ1) is 14.3. The molecule has 1 aromatic heterocycles. The van der Waals surface area contributed by atoms with Gasteiger partial charge in [0.25, 0.3) is 0 Å². The van der Waals surface area contributed by atoms with E-state index in [1.54, 1.807) is 0 Å². The van der Waals surface area contributed by atoms with Crippen LogP contribution in [0.5, 0.6) is 0 Å². The van der Waals surface area contributed by atoms with E-state index in [0.717, 1.165) is 26.2 Å². The lowest BCUT2D eigenvalue weighted by Crippen LogP contribution is -2.24. The third-order valence-electron chi connectivity index (χ3n) is 4.43. The summed E-state index contributed by atoms with van der Waals surface area (Å²) in [5.41, 5.74) is 11.0. The summed E-state index contributed by atoms with van der Waals surface area (Å²) in [6.07, 6.45) is 5.07. The van der Waals surface area contributed by atoms with Gasteiger partial charge in [0.2, 0.25) is 0 Å². The molecule has 1 aliphatic rings. The quantitative estimate of drug-likeness (QED) is 0.937. The standard InChI is InChI=1S/C17H24N4/c1-13-8-14(2)16(12-20-7-4-15(10-18)11-20)17(9-13)21-6-3-5-19-21/h3,5-6,8-9,15H,4,7,10-12,18H2,1-2H3/t15-/m0/s1. The maximum atomic E-state index is 5.81. The van der Waals surface area contributed by atoms with Crippen molar-refractivity contribution < 1.29 is 0 Å². The maximum Gasteiger partial charge on any atom is 0.0695 e. The van der Waals surface area contributed by atoms with Gasteiger partial charge in [0, 0.05) is 25.5 Å². The van der Waals surface area contributed by atoms with Crippen molar-refractivity contribution in [2.75, 3.05) is 19.6 Å². The molecule has 1 aliphatic heterocycles. The van der Waals surface area contributed by atoms with Crippen LogP contribution in [0.25, 0.3) is 5.69 Å². The van der Waals surface area contributed by atoms with Gasteiger partial charge in [0.15, 0.2) is 0 Å². The van der Waals surface area contributed by atoms with E-state index in [4.69, 9.17) is 5.73 Å². The van der Waals surface area contributed by atoms with Gasteiger partial charge < -0.3 is 5.73 Å². The predicted octanol–water partition coefficient (Wildman–Crippen LogP) is 2.27. The molecule has 2 aromatic rings. The highest BCUT2D eigenvalue weighted by atomic mass is 15.3. The minimum Gasteiger partial charge on any atom is -0.330 e. The molecular formula is C17H24N4. The number of hydrogen-bond acceptors (Lipinski definition) is 3. The van der Waals surface area contributed by atoms with Gasteiger partial charge >= 0.3 is 0 Å². The Labute approximate surface area is 126 Å². The first-order valence-corrected chi connectivity index (χ1v) is 7.70. The van der Waals surface area contributed by atoms with E-state index in [1.807, 2.05) is 23.1 Å². The van der Waals surface area contributed by atoms with Gasteiger partial charge in [-0.05, 0) is 68.1 Å². The van der Waals surface area contributed by atoms with Crippen molar-refractivity contribution in [2.45, 2.75) is 26.8 Å². The van der Waals surface area contributed by atoms with Gasteiger partial charge in [0.1, 0.15) is 0 Å². The zero-order valence-electron chi connectivity index (χ0n) is 12.9. The fraction of sp³-hybridized carbons (Fsp3) is 0.471. The van der Waals surface area contributed by atoms with Crippen molar-refractivity contribution >= 4 is 0 Å². The molecule has 2 heterocycles. The molecule has 1 aromatic carbocycles. The molecule has 0 saturated carbocycles. The number of aryl methyl sites for hydroxylation is 2. The summed E-state index contributed by atoms with van der Waals surface area (Å²) in [5.74, 6) is 0.656. The molecule has 0 amide bonds. The third-order valence-corrected chi connectivity index (χ3v) is 4.43. The monoisotopic (exact) mass is 284 g/mol. The molecule has 0 bridgehead atoms. The van der Waals surface area contributed by atoms with Gasteiger partial charge in [-0.15, -0.1) is 0 Å². The van der Waals surface area contributed by atoms with Crippen molar-refractivity contribution in [3.05, 3.63) is 47.3 Å². The van der Waals surface area contributed by atoms with Crippen LogP contribution < -0.4 is 5.73 Å². The normalized spacial score (nSPS) is 19.3. The number of rotatable bonds is 4. The Morgan fingerprint density at radius 1 is 1.33 bits per heavy atom. The second-order valence-corrected chi connectivity index (χ2v) is 6.16. The highest BCUT2D eigenvalue weighted by Crippen LogP contribution is 2.25. The molecule has 1 atom stereocenters. The van der Waals surface area contributed by atoms with Crippen molar-refractivity contribution in [2.24, 2.45) is 11.7 Å². The van der Waals surface area contributed by atoms with Crippen LogP contribution in [-0.4, -0.2) is 34.3 Å². The van der Waals surface area contributed by atoms with Crippen LogP contribution in [0.15, 0.2) is 30.6 Å². The summed E-state index contributed by atoms with van der Waals surface area (Å²) in [6, 6.07) is 6.46. The number of hydrogen-bond donors (Lipinski definition) is 1. The zero-order chi connectivity index (χ0) is 14.8. The van der Waals surface area contributed by atoms with Gasteiger partial charge in [-0.25, -0.2) is 4.68 Å². The summed E-state index contributed by atoms with van der Waals surface area (Å²) in [6.45, 7) is 8.39. The molecule has 0 aliphatic carbocycles. The molecule has 0 radical (unpaired) electrons. The zero-order valence-corrected chi connectivity index (χ0v) is 12.9. The molecule has 3 rings (SSSR count). The van der Waals surface area contributed by atoms with Gasteiger partial charge in [-0.1, -0.05) is 6.07 Å². The van der Waals surface area contributed by atoms with Crippen LogP contribution in [0, 0.1) is 19.8 Å². The Morgan fingerprint density at radius 2 is 2.19 bits per heavy atom. The molecule has 1 fully saturated rings. The van der Waals surface area contributed by atoms with E-state index in [1.165, 1.54) is 28.8 Å². The molecule has 112 valence electrons. The molecule has 0 unspecified atom stereocenters. The summed E-state index contributed by atoms with van der Waals surface area (Å²) in [5, 5.41) is 4.41. The van der Waals surface area contributed by atoms with E-state index in [9.17, 15) is 0 Å². The van der Waals surface area contributed by atoms with Crippen LogP contribution in [0.1, 0.15) is 23.1 Å². The lowest BCUT2D eigenvalue weighted by atomic mass is 10.0. The van der Waals surface area contributed by atoms with E-state index < -0.39 is 0 Å². The van der Waals surface area contributed by atoms with E-state index >= 15 is 0 Å². The Bertz CT molecular complexity index is 604. The minimum absolute atomic E-state index is 0.656. The van der Waals surface area contributed by atoms with Crippen LogP contribution in [0.2, 0.25) is 0 Å². The lowest BCUT2D eigenvalue weighted by Gasteiger charge is -2.21. The summed E-state index contributed by atoms with van der Waals surface area (Å²) in [7, 11) is 0. The van der Waals surface area contributed by atoms with Crippen molar-refractivity contribution in [1.82, 2.24) is 14.7 Å². The number of aromatic nitrogens is 2. The minimum atomic E-state index is 0.656. The van der Waals surface area contributed by atoms with Crippen LogP contribution >= 0.6 is 0 Å². The number of likely N-dealkylation sites (tertiary alicyclic amines) is 1. The molecule has 4 nitrogen and oxygen atoms in total. The molecule has 4 heteroatoms.